The first-order valence-electron chi connectivity index (χ1n) is 6.83. The molecule has 2 aromatic carbocycles. The van der Waals surface area contributed by atoms with Crippen molar-refractivity contribution in [3.05, 3.63) is 53.3 Å². The maximum atomic E-state index is 13.5. The Balaban J connectivity index is 2.04. The predicted octanol–water partition coefficient (Wildman–Crippen LogP) is 4.17. The highest BCUT2D eigenvalue weighted by Crippen LogP contribution is 2.31. The van der Waals surface area contributed by atoms with Gasteiger partial charge in [-0.1, -0.05) is 17.3 Å². The zero-order valence-electron chi connectivity index (χ0n) is 12.6. The SMILES string of the molecule is COc1ccc(F)cc1-c1nc(-c2ccc(C)c(C)c2)no1. The van der Waals surface area contributed by atoms with Gasteiger partial charge in [0.05, 0.1) is 12.7 Å². The monoisotopic (exact) mass is 298 g/mol. The highest BCUT2D eigenvalue weighted by molar-refractivity contribution is 5.65. The fourth-order valence-electron chi connectivity index (χ4n) is 2.18. The molecule has 3 rings (SSSR count). The Labute approximate surface area is 127 Å². The number of aryl methyl sites for hydroxylation is 2. The van der Waals surface area contributed by atoms with Crippen molar-refractivity contribution in [2.75, 3.05) is 7.11 Å². The van der Waals surface area contributed by atoms with Crippen molar-refractivity contribution < 1.29 is 13.7 Å². The molecule has 1 aromatic heterocycles. The number of ether oxygens (including phenoxy) is 1. The average molecular weight is 298 g/mol. The van der Waals surface area contributed by atoms with Gasteiger partial charge in [-0.2, -0.15) is 4.98 Å². The highest BCUT2D eigenvalue weighted by Gasteiger charge is 2.16. The van der Waals surface area contributed by atoms with Crippen LogP contribution >= 0.6 is 0 Å². The van der Waals surface area contributed by atoms with Crippen LogP contribution in [0.4, 0.5) is 4.39 Å². The number of halogens is 1. The van der Waals surface area contributed by atoms with E-state index in [-0.39, 0.29) is 11.7 Å². The molecule has 0 unspecified atom stereocenters. The summed E-state index contributed by atoms with van der Waals surface area (Å²) in [4.78, 5) is 4.35. The van der Waals surface area contributed by atoms with Gasteiger partial charge in [0.15, 0.2) is 0 Å². The second-order valence-corrected chi connectivity index (χ2v) is 5.07. The molecule has 0 fully saturated rings. The van der Waals surface area contributed by atoms with E-state index in [1.807, 2.05) is 32.0 Å². The Hall–Kier alpha value is -2.69. The molecular formula is C17H15FN2O2. The molecule has 4 nitrogen and oxygen atoms in total. The number of methoxy groups -OCH3 is 1. The summed E-state index contributed by atoms with van der Waals surface area (Å²) in [5, 5.41) is 3.97. The lowest BCUT2D eigenvalue weighted by atomic mass is 10.1. The molecule has 112 valence electrons. The van der Waals surface area contributed by atoms with Gasteiger partial charge in [0.25, 0.3) is 5.89 Å². The third-order valence-corrected chi connectivity index (χ3v) is 3.58. The topological polar surface area (TPSA) is 48.2 Å². The Kier molecular flexibility index (Phi) is 3.63. The van der Waals surface area contributed by atoms with Crippen molar-refractivity contribution in [2.24, 2.45) is 0 Å². The summed E-state index contributed by atoms with van der Waals surface area (Å²) in [6.45, 7) is 4.06. The molecule has 0 aliphatic rings. The van der Waals surface area contributed by atoms with Gasteiger partial charge >= 0.3 is 0 Å². The van der Waals surface area contributed by atoms with E-state index in [0.717, 1.165) is 11.1 Å². The second-order valence-electron chi connectivity index (χ2n) is 5.07. The van der Waals surface area contributed by atoms with Gasteiger partial charge in [-0.25, -0.2) is 4.39 Å². The van der Waals surface area contributed by atoms with Crippen LogP contribution in [0.2, 0.25) is 0 Å². The van der Waals surface area contributed by atoms with E-state index in [4.69, 9.17) is 9.26 Å². The molecular weight excluding hydrogens is 283 g/mol. The lowest BCUT2D eigenvalue weighted by Gasteiger charge is -2.04. The van der Waals surface area contributed by atoms with Crippen LogP contribution in [0.15, 0.2) is 40.9 Å². The largest absolute Gasteiger partial charge is 0.496 e. The Morgan fingerprint density at radius 3 is 2.59 bits per heavy atom. The smallest absolute Gasteiger partial charge is 0.262 e. The van der Waals surface area contributed by atoms with Crippen LogP contribution in [0.25, 0.3) is 22.8 Å². The van der Waals surface area contributed by atoms with Gasteiger partial charge in [-0.3, -0.25) is 0 Å². The Morgan fingerprint density at radius 1 is 1.05 bits per heavy atom. The minimum atomic E-state index is -0.387. The molecule has 0 amide bonds. The van der Waals surface area contributed by atoms with E-state index in [0.29, 0.717) is 17.1 Å². The van der Waals surface area contributed by atoms with Gasteiger partial charge < -0.3 is 9.26 Å². The second kappa shape index (κ2) is 5.60. The zero-order valence-corrected chi connectivity index (χ0v) is 12.6. The summed E-state index contributed by atoms with van der Waals surface area (Å²) in [6, 6.07) is 10.1. The van der Waals surface area contributed by atoms with Gasteiger partial charge in [0, 0.05) is 5.56 Å². The summed E-state index contributed by atoms with van der Waals surface area (Å²) in [6.07, 6.45) is 0. The van der Waals surface area contributed by atoms with Crippen LogP contribution in [0, 0.1) is 19.7 Å². The molecule has 0 atom stereocenters. The van der Waals surface area contributed by atoms with E-state index >= 15 is 0 Å². The summed E-state index contributed by atoms with van der Waals surface area (Å²) in [5.74, 6) is 0.785. The number of hydrogen-bond acceptors (Lipinski definition) is 4. The van der Waals surface area contributed by atoms with Crippen LogP contribution in [0.5, 0.6) is 5.75 Å². The molecule has 0 aliphatic carbocycles. The van der Waals surface area contributed by atoms with Crippen molar-refractivity contribution in [3.8, 4) is 28.6 Å². The van der Waals surface area contributed by atoms with Gasteiger partial charge in [-0.15, -0.1) is 0 Å². The summed E-state index contributed by atoms with van der Waals surface area (Å²) >= 11 is 0. The third kappa shape index (κ3) is 2.57. The van der Waals surface area contributed by atoms with Crippen LogP contribution in [0.1, 0.15) is 11.1 Å². The van der Waals surface area contributed by atoms with Crippen molar-refractivity contribution in [1.29, 1.82) is 0 Å². The van der Waals surface area contributed by atoms with E-state index in [9.17, 15) is 4.39 Å². The summed E-state index contributed by atoms with van der Waals surface area (Å²) in [5.41, 5.74) is 3.63. The van der Waals surface area contributed by atoms with E-state index < -0.39 is 0 Å². The van der Waals surface area contributed by atoms with Crippen molar-refractivity contribution in [3.63, 3.8) is 0 Å². The normalized spacial score (nSPS) is 10.7. The molecule has 22 heavy (non-hydrogen) atoms. The standard InChI is InChI=1S/C17H15FN2O2/c1-10-4-5-12(8-11(10)2)16-19-17(22-20-16)14-9-13(18)6-7-15(14)21-3/h4-9H,1-3H3. The molecule has 5 heteroatoms. The van der Waals surface area contributed by atoms with Gasteiger partial charge in [0.1, 0.15) is 11.6 Å². The molecule has 0 spiro atoms. The van der Waals surface area contributed by atoms with Crippen LogP contribution < -0.4 is 4.74 Å². The number of rotatable bonds is 3. The predicted molar refractivity (Wildman–Crippen MR) is 81.2 cm³/mol. The molecule has 0 bridgehead atoms. The van der Waals surface area contributed by atoms with Crippen molar-refractivity contribution >= 4 is 0 Å². The van der Waals surface area contributed by atoms with Crippen LogP contribution in [-0.2, 0) is 0 Å². The molecule has 1 heterocycles. The molecule has 3 aromatic rings. The minimum absolute atomic E-state index is 0.226. The number of benzene rings is 2. The van der Waals surface area contributed by atoms with Crippen LogP contribution in [-0.4, -0.2) is 17.3 Å². The fraction of sp³-hybridized carbons (Fsp3) is 0.176. The first kappa shape index (κ1) is 14.3. The zero-order chi connectivity index (χ0) is 15.7. The molecule has 0 saturated heterocycles. The van der Waals surface area contributed by atoms with Gasteiger partial charge in [-0.05, 0) is 49.2 Å². The molecule has 0 saturated carbocycles. The average Bonchev–Trinajstić information content (AvgIpc) is 3.00. The first-order valence-corrected chi connectivity index (χ1v) is 6.83. The van der Waals surface area contributed by atoms with E-state index in [2.05, 4.69) is 10.1 Å². The van der Waals surface area contributed by atoms with Crippen molar-refractivity contribution in [1.82, 2.24) is 10.1 Å². The fourth-order valence-corrected chi connectivity index (χ4v) is 2.18. The van der Waals surface area contributed by atoms with E-state index in [1.165, 1.54) is 30.9 Å². The maximum Gasteiger partial charge on any atom is 0.262 e. The first-order chi connectivity index (χ1) is 10.6. The highest BCUT2D eigenvalue weighted by atomic mass is 19.1. The molecule has 0 N–H and O–H groups in total. The Morgan fingerprint density at radius 2 is 1.86 bits per heavy atom. The summed E-state index contributed by atoms with van der Waals surface area (Å²) in [7, 11) is 1.51. The minimum Gasteiger partial charge on any atom is -0.496 e. The summed E-state index contributed by atoms with van der Waals surface area (Å²) < 4.78 is 23.9. The molecule has 0 radical (unpaired) electrons. The Bertz CT molecular complexity index is 827. The van der Waals surface area contributed by atoms with Crippen molar-refractivity contribution in [2.45, 2.75) is 13.8 Å². The quantitative estimate of drug-likeness (QED) is 0.728. The lowest BCUT2D eigenvalue weighted by molar-refractivity contribution is 0.404. The lowest BCUT2D eigenvalue weighted by Crippen LogP contribution is -1.90. The third-order valence-electron chi connectivity index (χ3n) is 3.58. The maximum absolute atomic E-state index is 13.5. The number of nitrogens with zero attached hydrogens (tertiary/aromatic N) is 2. The van der Waals surface area contributed by atoms with E-state index in [1.54, 1.807) is 0 Å². The van der Waals surface area contributed by atoms with Crippen LogP contribution in [0.3, 0.4) is 0 Å². The molecule has 0 aliphatic heterocycles. The number of aromatic nitrogens is 2. The van der Waals surface area contributed by atoms with Gasteiger partial charge in [0.2, 0.25) is 5.82 Å². The number of hydrogen-bond donors (Lipinski definition) is 0.